The summed E-state index contributed by atoms with van der Waals surface area (Å²) in [5.74, 6) is 0.114. The van der Waals surface area contributed by atoms with Crippen LogP contribution in [0, 0.1) is 11.7 Å². The summed E-state index contributed by atoms with van der Waals surface area (Å²) in [5.41, 5.74) is 2.54. The number of carbonyl (C=O) groups excluding carboxylic acids is 1. The molecular weight excluding hydrogens is 379 g/mol. The number of rotatable bonds is 5. The van der Waals surface area contributed by atoms with E-state index < -0.39 is 0 Å². The van der Waals surface area contributed by atoms with Gasteiger partial charge in [-0.3, -0.25) is 4.79 Å². The molecule has 1 heterocycles. The van der Waals surface area contributed by atoms with Crippen LogP contribution in [0.3, 0.4) is 0 Å². The molecule has 0 N–H and O–H groups in total. The van der Waals surface area contributed by atoms with Crippen LogP contribution in [0.15, 0.2) is 42.5 Å². The molecule has 2 atom stereocenters. The average Bonchev–Trinajstić information content (AvgIpc) is 3.28. The molecule has 0 unspecified atom stereocenters. The zero-order valence-electron chi connectivity index (χ0n) is 15.7. The van der Waals surface area contributed by atoms with Gasteiger partial charge >= 0.3 is 5.97 Å². The Balaban J connectivity index is 1.78. The molecule has 3 aromatic rings. The molecule has 146 valence electrons. The van der Waals surface area contributed by atoms with Gasteiger partial charge in [0.05, 0.1) is 23.6 Å². The molecule has 0 amide bonds. The normalized spacial score (nSPS) is 19.2. The predicted octanol–water partition coefficient (Wildman–Crippen LogP) is 5.32. The van der Waals surface area contributed by atoms with Gasteiger partial charge in [0.25, 0.3) is 0 Å². The Morgan fingerprint density at radius 2 is 2.04 bits per heavy atom. The number of hydrogen-bond acceptors (Lipinski definition) is 3. The molecule has 0 bridgehead atoms. The zero-order valence-corrected chi connectivity index (χ0v) is 16.5. The second-order valence-electron chi connectivity index (χ2n) is 7.21. The largest absolute Gasteiger partial charge is 0.466 e. The number of fused-ring (bicyclic) bond motifs is 1. The second-order valence-corrected chi connectivity index (χ2v) is 7.65. The minimum Gasteiger partial charge on any atom is -0.466 e. The quantitative estimate of drug-likeness (QED) is 0.544. The maximum atomic E-state index is 13.8. The van der Waals surface area contributed by atoms with Crippen molar-refractivity contribution < 1.29 is 13.9 Å². The van der Waals surface area contributed by atoms with E-state index in [1.54, 1.807) is 6.07 Å². The lowest BCUT2D eigenvalue weighted by molar-refractivity contribution is -0.148. The van der Waals surface area contributed by atoms with E-state index in [0.29, 0.717) is 23.7 Å². The number of aromatic nitrogens is 2. The molecule has 1 aliphatic carbocycles. The number of nitrogens with zero attached hydrogens (tertiary/aromatic N) is 2. The van der Waals surface area contributed by atoms with Crippen molar-refractivity contribution in [2.45, 2.75) is 38.6 Å². The van der Waals surface area contributed by atoms with E-state index in [4.69, 9.17) is 21.3 Å². The fourth-order valence-corrected chi connectivity index (χ4v) is 4.27. The lowest BCUT2D eigenvalue weighted by atomic mass is 9.95. The van der Waals surface area contributed by atoms with Gasteiger partial charge in [-0.05, 0) is 49.6 Å². The van der Waals surface area contributed by atoms with Crippen molar-refractivity contribution >= 4 is 28.6 Å². The highest BCUT2D eigenvalue weighted by Crippen LogP contribution is 2.41. The third-order valence-corrected chi connectivity index (χ3v) is 5.68. The Bertz CT molecular complexity index is 1000. The number of hydrogen-bond donors (Lipinski definition) is 0. The minimum absolute atomic E-state index is 0.0261. The molecule has 6 heteroatoms. The third-order valence-electron chi connectivity index (χ3n) is 5.43. The van der Waals surface area contributed by atoms with Crippen molar-refractivity contribution in [2.24, 2.45) is 5.92 Å². The molecule has 2 aromatic carbocycles. The van der Waals surface area contributed by atoms with Crippen molar-refractivity contribution in [3.63, 3.8) is 0 Å². The molecule has 4 rings (SSSR count). The van der Waals surface area contributed by atoms with Gasteiger partial charge in [0.2, 0.25) is 0 Å². The smallest absolute Gasteiger partial charge is 0.309 e. The molecule has 0 aliphatic heterocycles. The Kier molecular flexibility index (Phi) is 5.36. The van der Waals surface area contributed by atoms with Crippen LogP contribution in [0.4, 0.5) is 4.39 Å². The Morgan fingerprint density at radius 3 is 2.79 bits per heavy atom. The van der Waals surface area contributed by atoms with E-state index in [0.717, 1.165) is 36.2 Å². The molecule has 1 fully saturated rings. The first kappa shape index (κ1) is 18.9. The fourth-order valence-electron chi connectivity index (χ4n) is 4.14. The van der Waals surface area contributed by atoms with E-state index in [1.165, 1.54) is 12.1 Å². The van der Waals surface area contributed by atoms with E-state index in [1.807, 2.05) is 31.2 Å². The van der Waals surface area contributed by atoms with Gasteiger partial charge in [0, 0.05) is 23.6 Å². The van der Waals surface area contributed by atoms with Gasteiger partial charge in [-0.2, -0.15) is 0 Å². The summed E-state index contributed by atoms with van der Waals surface area (Å²) in [6, 6.07) is 12.3. The van der Waals surface area contributed by atoms with Gasteiger partial charge in [-0.25, -0.2) is 9.37 Å². The topological polar surface area (TPSA) is 44.1 Å². The SMILES string of the molecule is CCOC(=O)[C@@H]1CCC[C@H]1c1nc2cc(F)ccc2n1Cc1ccc(Cl)cc1. The third kappa shape index (κ3) is 3.63. The van der Waals surface area contributed by atoms with Crippen molar-refractivity contribution in [1.29, 1.82) is 0 Å². The van der Waals surface area contributed by atoms with Gasteiger partial charge < -0.3 is 9.30 Å². The van der Waals surface area contributed by atoms with Crippen LogP contribution in [0.5, 0.6) is 0 Å². The standard InChI is InChI=1S/C22H22ClFN2O2/c1-2-28-22(27)18-5-3-4-17(18)21-25-19-12-16(24)10-11-20(19)26(21)13-14-6-8-15(23)9-7-14/h6-12,17-18H,2-5,13H2,1H3/t17-,18-/m1/s1. The average molecular weight is 401 g/mol. The van der Waals surface area contributed by atoms with Crippen molar-refractivity contribution in [1.82, 2.24) is 9.55 Å². The highest BCUT2D eigenvalue weighted by molar-refractivity contribution is 6.30. The van der Waals surface area contributed by atoms with E-state index >= 15 is 0 Å². The molecule has 0 spiro atoms. The number of imidazole rings is 1. The maximum Gasteiger partial charge on any atom is 0.309 e. The maximum absolute atomic E-state index is 13.8. The molecule has 1 saturated carbocycles. The molecule has 0 radical (unpaired) electrons. The summed E-state index contributed by atoms with van der Waals surface area (Å²) in [7, 11) is 0. The highest BCUT2D eigenvalue weighted by atomic mass is 35.5. The summed E-state index contributed by atoms with van der Waals surface area (Å²) >= 11 is 6.01. The number of carbonyl (C=O) groups is 1. The molecule has 28 heavy (non-hydrogen) atoms. The molecule has 0 saturated heterocycles. The summed E-state index contributed by atoms with van der Waals surface area (Å²) < 4.78 is 21.2. The lowest BCUT2D eigenvalue weighted by Gasteiger charge is -2.19. The summed E-state index contributed by atoms with van der Waals surface area (Å²) in [6.45, 7) is 2.77. The Hall–Kier alpha value is -2.40. The van der Waals surface area contributed by atoms with E-state index in [9.17, 15) is 9.18 Å². The zero-order chi connectivity index (χ0) is 19.7. The van der Waals surface area contributed by atoms with Crippen molar-refractivity contribution in [3.8, 4) is 0 Å². The first-order valence-corrected chi connectivity index (χ1v) is 10.0. The number of esters is 1. The summed E-state index contributed by atoms with van der Waals surface area (Å²) in [5, 5.41) is 0.680. The Morgan fingerprint density at radius 1 is 1.25 bits per heavy atom. The summed E-state index contributed by atoms with van der Waals surface area (Å²) in [4.78, 5) is 17.2. The van der Waals surface area contributed by atoms with Gasteiger partial charge in [0.1, 0.15) is 11.6 Å². The van der Waals surface area contributed by atoms with E-state index in [-0.39, 0.29) is 23.6 Å². The number of halogens is 2. The first-order valence-electron chi connectivity index (χ1n) is 9.63. The number of ether oxygens (including phenoxy) is 1. The van der Waals surface area contributed by atoms with E-state index in [2.05, 4.69) is 4.57 Å². The van der Waals surface area contributed by atoms with Gasteiger partial charge in [-0.15, -0.1) is 0 Å². The molecule has 1 aromatic heterocycles. The minimum atomic E-state index is -0.316. The molecule has 1 aliphatic rings. The lowest BCUT2D eigenvalue weighted by Crippen LogP contribution is -2.23. The molecule has 4 nitrogen and oxygen atoms in total. The number of benzene rings is 2. The van der Waals surface area contributed by atoms with Gasteiger partial charge in [0.15, 0.2) is 0 Å². The second kappa shape index (κ2) is 7.92. The van der Waals surface area contributed by atoms with Crippen LogP contribution in [-0.4, -0.2) is 22.1 Å². The summed E-state index contributed by atoms with van der Waals surface area (Å²) in [6.07, 6.45) is 2.62. The fraction of sp³-hybridized carbons (Fsp3) is 0.364. The monoisotopic (exact) mass is 400 g/mol. The van der Waals surface area contributed by atoms with Crippen LogP contribution in [0.2, 0.25) is 5.02 Å². The van der Waals surface area contributed by atoms with Crippen LogP contribution < -0.4 is 0 Å². The van der Waals surface area contributed by atoms with Gasteiger partial charge in [-0.1, -0.05) is 30.2 Å². The van der Waals surface area contributed by atoms with Crippen molar-refractivity contribution in [2.75, 3.05) is 6.61 Å². The predicted molar refractivity (Wildman–Crippen MR) is 107 cm³/mol. The molecular formula is C22H22ClFN2O2. The van der Waals surface area contributed by atoms with Crippen LogP contribution in [0.1, 0.15) is 43.5 Å². The van der Waals surface area contributed by atoms with Crippen LogP contribution in [-0.2, 0) is 16.1 Å². The first-order chi connectivity index (χ1) is 13.6. The Labute approximate surface area is 168 Å². The van der Waals surface area contributed by atoms with Crippen LogP contribution >= 0.6 is 11.6 Å². The van der Waals surface area contributed by atoms with Crippen LogP contribution in [0.25, 0.3) is 11.0 Å². The highest BCUT2D eigenvalue weighted by Gasteiger charge is 2.38. The van der Waals surface area contributed by atoms with Crippen molar-refractivity contribution in [3.05, 3.63) is 64.7 Å².